The molecule has 0 spiro atoms. The van der Waals surface area contributed by atoms with Crippen LogP contribution in [-0.2, 0) is 4.79 Å². The van der Waals surface area contributed by atoms with Crippen molar-refractivity contribution < 1.29 is 14.3 Å². The van der Waals surface area contributed by atoms with Crippen LogP contribution in [0, 0.1) is 22.7 Å². The monoisotopic (exact) mass is 371 g/mol. The maximum atomic E-state index is 12.5. The van der Waals surface area contributed by atoms with Crippen LogP contribution in [0.15, 0.2) is 24.3 Å². The Hall–Kier alpha value is -2.02. The summed E-state index contributed by atoms with van der Waals surface area (Å²) >= 11 is 0. The number of nitriles is 1. The molecule has 1 saturated carbocycles. The van der Waals surface area contributed by atoms with Crippen LogP contribution < -0.4 is 9.47 Å². The van der Waals surface area contributed by atoms with Gasteiger partial charge in [-0.3, -0.25) is 4.79 Å². The van der Waals surface area contributed by atoms with Gasteiger partial charge in [0.25, 0.3) is 0 Å². The van der Waals surface area contributed by atoms with E-state index < -0.39 is 0 Å². The van der Waals surface area contributed by atoms with Crippen molar-refractivity contribution in [3.8, 4) is 17.6 Å². The van der Waals surface area contributed by atoms with E-state index in [1.54, 1.807) is 12.1 Å². The molecule has 1 aromatic rings. The third kappa shape index (κ3) is 6.57. The molecule has 4 heteroatoms. The summed E-state index contributed by atoms with van der Waals surface area (Å²) in [7, 11) is 0. The van der Waals surface area contributed by atoms with Crippen molar-refractivity contribution in [1.82, 2.24) is 0 Å². The van der Waals surface area contributed by atoms with Gasteiger partial charge in [-0.1, -0.05) is 39.5 Å². The minimum atomic E-state index is -0.233. The van der Waals surface area contributed by atoms with Crippen molar-refractivity contribution >= 4 is 5.97 Å². The molecule has 0 radical (unpaired) electrons. The van der Waals surface area contributed by atoms with Crippen molar-refractivity contribution in [2.24, 2.45) is 11.3 Å². The number of hydrogen-bond donors (Lipinski definition) is 0. The Morgan fingerprint density at radius 1 is 1.07 bits per heavy atom. The number of rotatable bonds is 10. The summed E-state index contributed by atoms with van der Waals surface area (Å²) in [6.45, 7) is 5.01. The first-order chi connectivity index (χ1) is 13.1. The lowest BCUT2D eigenvalue weighted by molar-refractivity contribution is -0.140. The molecule has 0 atom stereocenters. The van der Waals surface area contributed by atoms with E-state index >= 15 is 0 Å². The second kappa shape index (κ2) is 11.0. The normalized spacial score (nSPS) is 22.0. The van der Waals surface area contributed by atoms with Crippen LogP contribution in [0.3, 0.4) is 0 Å². The van der Waals surface area contributed by atoms with Crippen LogP contribution in [0.25, 0.3) is 0 Å². The molecule has 0 aromatic heterocycles. The Morgan fingerprint density at radius 2 is 1.70 bits per heavy atom. The van der Waals surface area contributed by atoms with Crippen molar-refractivity contribution in [3.05, 3.63) is 24.3 Å². The maximum absolute atomic E-state index is 12.5. The van der Waals surface area contributed by atoms with Gasteiger partial charge >= 0.3 is 5.97 Å². The smallest absolute Gasteiger partial charge is 0.314 e. The third-order valence-corrected chi connectivity index (χ3v) is 5.58. The standard InChI is InChI=1S/C23H33NO3/c1-3-5-7-14-23(18-24)15-12-19(13-16-23)22(25)27-21-10-8-20(9-11-21)26-17-6-4-2/h8-11,19H,3-7,12-17H2,1-2H3/t19-,23+. The fourth-order valence-electron chi connectivity index (χ4n) is 3.67. The van der Waals surface area contributed by atoms with Crippen LogP contribution in [-0.4, -0.2) is 12.6 Å². The van der Waals surface area contributed by atoms with Crippen molar-refractivity contribution in [2.45, 2.75) is 78.1 Å². The van der Waals surface area contributed by atoms with Gasteiger partial charge in [-0.25, -0.2) is 0 Å². The van der Waals surface area contributed by atoms with Crippen molar-refractivity contribution in [3.63, 3.8) is 0 Å². The third-order valence-electron chi connectivity index (χ3n) is 5.58. The first kappa shape index (κ1) is 21.3. The summed E-state index contributed by atoms with van der Waals surface area (Å²) in [5, 5.41) is 9.63. The Kier molecular flexibility index (Phi) is 8.64. The fourth-order valence-corrected chi connectivity index (χ4v) is 3.67. The Labute approximate surface area is 163 Å². The van der Waals surface area contributed by atoms with Gasteiger partial charge in [-0.05, 0) is 62.8 Å². The zero-order valence-electron chi connectivity index (χ0n) is 16.8. The molecule has 2 rings (SSSR count). The first-order valence-electron chi connectivity index (χ1n) is 10.5. The molecule has 148 valence electrons. The van der Waals surface area contributed by atoms with Crippen LogP contribution in [0.2, 0.25) is 0 Å². The molecule has 4 nitrogen and oxygen atoms in total. The van der Waals surface area contributed by atoms with E-state index in [0.29, 0.717) is 12.4 Å². The first-order valence-corrected chi connectivity index (χ1v) is 10.5. The lowest BCUT2D eigenvalue weighted by atomic mass is 9.69. The van der Waals surface area contributed by atoms with Gasteiger partial charge in [0.1, 0.15) is 11.5 Å². The van der Waals surface area contributed by atoms with Crippen LogP contribution in [0.1, 0.15) is 78.1 Å². The lowest BCUT2D eigenvalue weighted by Gasteiger charge is -2.34. The second-order valence-corrected chi connectivity index (χ2v) is 7.72. The highest BCUT2D eigenvalue weighted by Gasteiger charge is 2.37. The summed E-state index contributed by atoms with van der Waals surface area (Å²) < 4.78 is 11.2. The van der Waals surface area contributed by atoms with E-state index in [2.05, 4.69) is 19.9 Å². The summed E-state index contributed by atoms with van der Waals surface area (Å²) in [5.41, 5.74) is -0.233. The average Bonchev–Trinajstić information content (AvgIpc) is 2.70. The summed E-state index contributed by atoms with van der Waals surface area (Å²) in [6.07, 6.45) is 9.63. The number of esters is 1. The topological polar surface area (TPSA) is 59.3 Å². The van der Waals surface area contributed by atoms with Crippen molar-refractivity contribution in [1.29, 1.82) is 5.26 Å². The highest BCUT2D eigenvalue weighted by atomic mass is 16.5. The van der Waals surface area contributed by atoms with E-state index in [4.69, 9.17) is 9.47 Å². The molecule has 27 heavy (non-hydrogen) atoms. The number of ether oxygens (including phenoxy) is 2. The molecule has 1 aliphatic carbocycles. The van der Waals surface area contributed by atoms with Gasteiger partial charge in [0, 0.05) is 0 Å². The fraction of sp³-hybridized carbons (Fsp3) is 0.652. The molecule has 1 aliphatic rings. The number of carbonyl (C=O) groups is 1. The highest BCUT2D eigenvalue weighted by Crippen LogP contribution is 2.42. The van der Waals surface area contributed by atoms with Crippen LogP contribution in [0.4, 0.5) is 0 Å². The average molecular weight is 372 g/mol. The number of unbranched alkanes of at least 4 members (excludes halogenated alkanes) is 3. The SMILES string of the molecule is CCCCC[C@]1(C#N)CC[C@@H](C(=O)Oc2ccc(OCCCC)cc2)CC1. The van der Waals surface area contributed by atoms with Gasteiger partial charge in [0.05, 0.1) is 24.0 Å². The molecule has 0 unspecified atom stereocenters. The van der Waals surface area contributed by atoms with Gasteiger partial charge < -0.3 is 9.47 Å². The van der Waals surface area contributed by atoms with E-state index in [1.807, 2.05) is 12.1 Å². The van der Waals surface area contributed by atoms with Crippen LogP contribution in [0.5, 0.6) is 11.5 Å². The number of nitrogens with zero attached hydrogens (tertiary/aromatic N) is 1. The molecule has 0 N–H and O–H groups in total. The lowest BCUT2D eigenvalue weighted by Crippen LogP contribution is -2.31. The van der Waals surface area contributed by atoms with Crippen molar-refractivity contribution in [2.75, 3.05) is 6.61 Å². The van der Waals surface area contributed by atoms with Crippen LogP contribution >= 0.6 is 0 Å². The van der Waals surface area contributed by atoms with Gasteiger partial charge in [0.15, 0.2) is 0 Å². The maximum Gasteiger partial charge on any atom is 0.314 e. The minimum absolute atomic E-state index is 0.0990. The molecule has 1 aromatic carbocycles. The molecule has 0 bridgehead atoms. The van der Waals surface area contributed by atoms with E-state index in [1.165, 1.54) is 12.8 Å². The Balaban J connectivity index is 1.81. The molecule has 0 heterocycles. The summed E-state index contributed by atoms with van der Waals surface area (Å²) in [6, 6.07) is 9.80. The van der Waals surface area contributed by atoms with E-state index in [-0.39, 0.29) is 17.3 Å². The number of hydrogen-bond acceptors (Lipinski definition) is 4. The second-order valence-electron chi connectivity index (χ2n) is 7.72. The van der Waals surface area contributed by atoms with Gasteiger partial charge in [-0.2, -0.15) is 5.26 Å². The molecule has 0 saturated heterocycles. The van der Waals surface area contributed by atoms with Gasteiger partial charge in [-0.15, -0.1) is 0 Å². The summed E-state index contributed by atoms with van der Waals surface area (Å²) in [4.78, 5) is 12.5. The Bertz CT molecular complexity index is 610. The van der Waals surface area contributed by atoms with E-state index in [0.717, 1.165) is 57.1 Å². The molecule has 0 aliphatic heterocycles. The molecular weight excluding hydrogens is 338 g/mol. The molecule has 0 amide bonds. The number of carbonyl (C=O) groups excluding carboxylic acids is 1. The van der Waals surface area contributed by atoms with Gasteiger partial charge in [0.2, 0.25) is 0 Å². The predicted molar refractivity (Wildman–Crippen MR) is 107 cm³/mol. The number of benzene rings is 1. The Morgan fingerprint density at radius 3 is 2.30 bits per heavy atom. The van der Waals surface area contributed by atoms with E-state index in [9.17, 15) is 10.1 Å². The molecule has 1 fully saturated rings. The summed E-state index contributed by atoms with van der Waals surface area (Å²) in [5.74, 6) is 1.09. The predicted octanol–water partition coefficient (Wildman–Crippen LogP) is 6.05. The largest absolute Gasteiger partial charge is 0.494 e. The zero-order valence-corrected chi connectivity index (χ0v) is 16.8. The highest BCUT2D eigenvalue weighted by molar-refractivity contribution is 5.75. The quantitative estimate of drug-likeness (QED) is 0.285. The molecular formula is C23H33NO3. The zero-order chi connectivity index (χ0) is 19.5. The minimum Gasteiger partial charge on any atom is -0.494 e.